The summed E-state index contributed by atoms with van der Waals surface area (Å²) in [6.45, 7) is 3.88. The van der Waals surface area contributed by atoms with Gasteiger partial charge < -0.3 is 14.6 Å². The molecule has 0 saturated heterocycles. The third-order valence-electron chi connectivity index (χ3n) is 2.75. The van der Waals surface area contributed by atoms with Gasteiger partial charge in [-0.15, -0.1) is 0 Å². The first kappa shape index (κ1) is 16.7. The molecule has 0 spiro atoms. The van der Waals surface area contributed by atoms with Gasteiger partial charge in [0.25, 0.3) is 0 Å². The van der Waals surface area contributed by atoms with E-state index in [1.165, 1.54) is 18.2 Å². The lowest BCUT2D eigenvalue weighted by atomic mass is 10.00. The van der Waals surface area contributed by atoms with Crippen molar-refractivity contribution in [1.82, 2.24) is 0 Å². The van der Waals surface area contributed by atoms with E-state index in [2.05, 4.69) is 0 Å². The summed E-state index contributed by atoms with van der Waals surface area (Å²) >= 11 is 0. The number of hydrogen-bond acceptors (Lipinski definition) is 5. The maximum absolute atomic E-state index is 11.8. The molecule has 0 unspecified atom stereocenters. The number of benzene rings is 1. The van der Waals surface area contributed by atoms with Crippen molar-refractivity contribution in [2.75, 3.05) is 13.2 Å². The Morgan fingerprint density at radius 1 is 1.10 bits per heavy atom. The highest BCUT2D eigenvalue weighted by molar-refractivity contribution is 5.94. The molecule has 0 saturated carbocycles. The second-order valence-electron chi connectivity index (χ2n) is 4.20. The Balaban J connectivity index is 2.99. The van der Waals surface area contributed by atoms with Gasteiger partial charge in [-0.1, -0.05) is 0 Å². The first-order chi connectivity index (χ1) is 9.99. The second kappa shape index (κ2) is 8.04. The van der Waals surface area contributed by atoms with E-state index in [9.17, 15) is 14.4 Å². The number of esters is 2. The minimum Gasteiger partial charge on any atom is -0.478 e. The fourth-order valence-electron chi connectivity index (χ4n) is 1.81. The molecule has 0 aliphatic heterocycles. The lowest BCUT2D eigenvalue weighted by molar-refractivity contribution is -0.143. The Hall–Kier alpha value is -2.37. The van der Waals surface area contributed by atoms with Gasteiger partial charge in [-0.3, -0.25) is 4.79 Å². The second-order valence-corrected chi connectivity index (χ2v) is 4.20. The van der Waals surface area contributed by atoms with E-state index in [1.807, 2.05) is 0 Å². The number of ether oxygens (including phenoxy) is 2. The maximum atomic E-state index is 11.8. The van der Waals surface area contributed by atoms with Crippen LogP contribution >= 0.6 is 0 Å². The molecule has 1 aromatic rings. The molecule has 1 N–H and O–H groups in total. The predicted molar refractivity (Wildman–Crippen MR) is 74.3 cm³/mol. The highest BCUT2D eigenvalue weighted by atomic mass is 16.5. The largest absolute Gasteiger partial charge is 0.478 e. The monoisotopic (exact) mass is 294 g/mol. The van der Waals surface area contributed by atoms with Crippen LogP contribution in [0, 0.1) is 0 Å². The number of carboxylic acids is 1. The zero-order valence-electron chi connectivity index (χ0n) is 12.0. The lowest BCUT2D eigenvalue weighted by Gasteiger charge is -2.10. The molecule has 0 aliphatic rings. The van der Waals surface area contributed by atoms with Gasteiger partial charge in [0.1, 0.15) is 0 Å². The Kier molecular flexibility index (Phi) is 6.39. The van der Waals surface area contributed by atoms with Gasteiger partial charge in [-0.2, -0.15) is 0 Å². The van der Waals surface area contributed by atoms with E-state index in [0.29, 0.717) is 5.56 Å². The number of carboxylic acid groups (broad SMARTS) is 1. The van der Waals surface area contributed by atoms with Crippen molar-refractivity contribution in [2.24, 2.45) is 0 Å². The van der Waals surface area contributed by atoms with Crippen LogP contribution in [0.4, 0.5) is 0 Å². The molecule has 0 heterocycles. The first-order valence-electron chi connectivity index (χ1n) is 6.68. The van der Waals surface area contributed by atoms with Crippen LogP contribution in [-0.4, -0.2) is 36.2 Å². The van der Waals surface area contributed by atoms with E-state index < -0.39 is 17.9 Å². The number of aryl methyl sites for hydroxylation is 1. The average Bonchev–Trinajstić information content (AvgIpc) is 2.45. The Labute approximate surface area is 122 Å². The molecule has 0 radical (unpaired) electrons. The third-order valence-corrected chi connectivity index (χ3v) is 2.75. The molecule has 0 aliphatic carbocycles. The molecular weight excluding hydrogens is 276 g/mol. The maximum Gasteiger partial charge on any atom is 0.338 e. The van der Waals surface area contributed by atoms with Crippen molar-refractivity contribution in [2.45, 2.75) is 26.7 Å². The summed E-state index contributed by atoms with van der Waals surface area (Å²) in [6.07, 6.45) is 0.289. The van der Waals surface area contributed by atoms with E-state index in [4.69, 9.17) is 14.6 Å². The average molecular weight is 294 g/mol. The topological polar surface area (TPSA) is 89.9 Å². The van der Waals surface area contributed by atoms with Crippen LogP contribution in [0.15, 0.2) is 18.2 Å². The molecule has 6 heteroatoms. The SMILES string of the molecule is CCOC(=O)CCc1cc(C(=O)O)ccc1C(=O)OCC. The molecule has 1 rings (SSSR count). The number of carbonyl (C=O) groups is 3. The summed E-state index contributed by atoms with van der Waals surface area (Å²) in [7, 11) is 0. The van der Waals surface area contributed by atoms with Crippen LogP contribution in [-0.2, 0) is 20.7 Å². The van der Waals surface area contributed by atoms with Crippen LogP contribution in [0.5, 0.6) is 0 Å². The molecule has 0 fully saturated rings. The minimum absolute atomic E-state index is 0.0573. The Morgan fingerprint density at radius 2 is 1.76 bits per heavy atom. The minimum atomic E-state index is -1.09. The van der Waals surface area contributed by atoms with Gasteiger partial charge in [0.05, 0.1) is 24.3 Å². The van der Waals surface area contributed by atoms with Gasteiger partial charge in [0, 0.05) is 6.42 Å². The summed E-state index contributed by atoms with van der Waals surface area (Å²) in [5.41, 5.74) is 0.787. The van der Waals surface area contributed by atoms with Crippen molar-refractivity contribution in [3.8, 4) is 0 Å². The number of hydrogen-bond donors (Lipinski definition) is 1. The van der Waals surface area contributed by atoms with Crippen molar-refractivity contribution >= 4 is 17.9 Å². The van der Waals surface area contributed by atoms with Crippen LogP contribution < -0.4 is 0 Å². The van der Waals surface area contributed by atoms with Crippen molar-refractivity contribution in [3.63, 3.8) is 0 Å². The molecule has 21 heavy (non-hydrogen) atoms. The highest BCUT2D eigenvalue weighted by Gasteiger charge is 2.16. The molecule has 1 aromatic carbocycles. The van der Waals surface area contributed by atoms with E-state index in [-0.39, 0.29) is 37.2 Å². The normalized spacial score (nSPS) is 10.0. The molecule has 114 valence electrons. The van der Waals surface area contributed by atoms with Crippen molar-refractivity contribution in [1.29, 1.82) is 0 Å². The number of aromatic carboxylic acids is 1. The summed E-state index contributed by atoms with van der Waals surface area (Å²) in [6, 6.07) is 4.12. The summed E-state index contributed by atoms with van der Waals surface area (Å²) in [4.78, 5) is 34.2. The highest BCUT2D eigenvalue weighted by Crippen LogP contribution is 2.16. The van der Waals surface area contributed by atoms with Gasteiger partial charge in [-0.25, -0.2) is 9.59 Å². The zero-order valence-corrected chi connectivity index (χ0v) is 12.0. The van der Waals surface area contributed by atoms with Crippen LogP contribution in [0.1, 0.15) is 46.5 Å². The lowest BCUT2D eigenvalue weighted by Crippen LogP contribution is -2.12. The van der Waals surface area contributed by atoms with Crippen molar-refractivity contribution < 1.29 is 29.0 Å². The molecule has 0 amide bonds. The molecule has 0 bridgehead atoms. The van der Waals surface area contributed by atoms with Crippen LogP contribution in [0.3, 0.4) is 0 Å². The van der Waals surface area contributed by atoms with E-state index >= 15 is 0 Å². The summed E-state index contributed by atoms with van der Waals surface area (Å²) in [5.74, 6) is -2.02. The van der Waals surface area contributed by atoms with Crippen LogP contribution in [0.2, 0.25) is 0 Å². The van der Waals surface area contributed by atoms with E-state index in [0.717, 1.165) is 0 Å². The number of carbonyl (C=O) groups excluding carboxylic acids is 2. The van der Waals surface area contributed by atoms with Gasteiger partial charge in [-0.05, 0) is 44.0 Å². The van der Waals surface area contributed by atoms with Gasteiger partial charge >= 0.3 is 17.9 Å². The van der Waals surface area contributed by atoms with Gasteiger partial charge in [0.2, 0.25) is 0 Å². The number of rotatable bonds is 7. The molecule has 0 aromatic heterocycles. The standard InChI is InChI=1S/C15H18O6/c1-3-20-13(16)8-6-10-9-11(14(17)18)5-7-12(10)15(19)21-4-2/h5,7,9H,3-4,6,8H2,1-2H3,(H,17,18). The summed E-state index contributed by atoms with van der Waals surface area (Å²) < 4.78 is 9.74. The van der Waals surface area contributed by atoms with Crippen molar-refractivity contribution in [3.05, 3.63) is 34.9 Å². The van der Waals surface area contributed by atoms with Gasteiger partial charge in [0.15, 0.2) is 0 Å². The smallest absolute Gasteiger partial charge is 0.338 e. The fraction of sp³-hybridized carbons (Fsp3) is 0.400. The van der Waals surface area contributed by atoms with Crippen LogP contribution in [0.25, 0.3) is 0 Å². The van der Waals surface area contributed by atoms with E-state index in [1.54, 1.807) is 13.8 Å². The third kappa shape index (κ3) is 4.91. The Bertz CT molecular complexity index is 535. The molecule has 6 nitrogen and oxygen atoms in total. The zero-order chi connectivity index (χ0) is 15.8. The Morgan fingerprint density at radius 3 is 2.33 bits per heavy atom. The fourth-order valence-corrected chi connectivity index (χ4v) is 1.81. The predicted octanol–water partition coefficient (Wildman–Crippen LogP) is 2.06. The quantitative estimate of drug-likeness (QED) is 0.774. The molecule has 0 atom stereocenters. The first-order valence-corrected chi connectivity index (χ1v) is 6.68. The summed E-state index contributed by atoms with van der Waals surface area (Å²) in [5, 5.41) is 9.00. The molecular formula is C15H18O6.